The van der Waals surface area contributed by atoms with Crippen molar-refractivity contribution in [1.82, 2.24) is 0 Å². The minimum absolute atomic E-state index is 0.00798. The molecule has 5 nitrogen and oxygen atoms in total. The number of halogens is 1. The van der Waals surface area contributed by atoms with Crippen LogP contribution in [0.3, 0.4) is 0 Å². The summed E-state index contributed by atoms with van der Waals surface area (Å²) in [6, 6.07) is 7.91. The first-order valence-corrected chi connectivity index (χ1v) is 8.12. The number of carboxylic acids is 1. The van der Waals surface area contributed by atoms with E-state index in [1.54, 1.807) is 30.0 Å². The van der Waals surface area contributed by atoms with E-state index in [-0.39, 0.29) is 17.0 Å². The number of nitrogens with one attached hydrogen (secondary N) is 1. The van der Waals surface area contributed by atoms with Gasteiger partial charge in [-0.1, -0.05) is 15.9 Å². The van der Waals surface area contributed by atoms with Gasteiger partial charge in [0.25, 0.3) is 5.91 Å². The Hall–Kier alpha value is -1.73. The smallest absolute Gasteiger partial charge is 0.337 e. The summed E-state index contributed by atoms with van der Waals surface area (Å²) in [4.78, 5) is 23.3. The van der Waals surface area contributed by atoms with Crippen LogP contribution >= 0.6 is 27.7 Å². The van der Waals surface area contributed by atoms with E-state index in [2.05, 4.69) is 21.2 Å². The van der Waals surface area contributed by atoms with Crippen LogP contribution in [0.4, 0.5) is 5.69 Å². The van der Waals surface area contributed by atoms with Gasteiger partial charge in [-0.05, 0) is 36.6 Å². The van der Waals surface area contributed by atoms with Gasteiger partial charge in [-0.25, -0.2) is 4.79 Å². The van der Waals surface area contributed by atoms with Gasteiger partial charge >= 0.3 is 5.97 Å². The van der Waals surface area contributed by atoms with Crippen LogP contribution in [0.2, 0.25) is 0 Å². The first kappa shape index (κ1) is 15.7. The van der Waals surface area contributed by atoms with Crippen LogP contribution in [0, 0.1) is 0 Å². The molecule has 0 atom stereocenters. The van der Waals surface area contributed by atoms with Gasteiger partial charge in [-0.15, -0.1) is 0 Å². The van der Waals surface area contributed by atoms with Gasteiger partial charge in [0.2, 0.25) is 0 Å². The Morgan fingerprint density at radius 2 is 2.10 bits per heavy atom. The van der Waals surface area contributed by atoms with E-state index < -0.39 is 11.9 Å². The topological polar surface area (TPSA) is 79.5 Å². The summed E-state index contributed by atoms with van der Waals surface area (Å²) in [5.41, 5.74) is 0.229. The number of carbonyl (C=O) groups is 2. The summed E-state index contributed by atoms with van der Waals surface area (Å²) in [7, 11) is 0. The number of rotatable bonds is 5. The van der Waals surface area contributed by atoms with Crippen molar-refractivity contribution >= 4 is 45.3 Å². The molecule has 0 radical (unpaired) electrons. The molecule has 0 saturated heterocycles. The molecule has 0 saturated carbocycles. The van der Waals surface area contributed by atoms with Crippen LogP contribution in [-0.2, 0) is 5.75 Å². The summed E-state index contributed by atoms with van der Waals surface area (Å²) in [6.07, 6.45) is 1.93. The van der Waals surface area contributed by atoms with E-state index >= 15 is 0 Å². The highest BCUT2D eigenvalue weighted by Gasteiger charge is 2.16. The summed E-state index contributed by atoms with van der Waals surface area (Å²) in [5, 5.41) is 11.7. The quantitative estimate of drug-likeness (QED) is 0.836. The molecule has 0 aliphatic heterocycles. The van der Waals surface area contributed by atoms with Crippen molar-refractivity contribution in [2.45, 2.75) is 5.75 Å². The SMILES string of the molecule is CSCc1ccc(C(=O)Nc2ccc(Br)cc2C(=O)O)o1. The van der Waals surface area contributed by atoms with Crippen molar-refractivity contribution in [3.05, 3.63) is 51.9 Å². The summed E-state index contributed by atoms with van der Waals surface area (Å²) in [6.45, 7) is 0. The number of hydrogen-bond donors (Lipinski definition) is 2. The van der Waals surface area contributed by atoms with Gasteiger partial charge in [-0.2, -0.15) is 11.8 Å². The Bertz CT molecular complexity index is 683. The number of carbonyl (C=O) groups excluding carboxylic acids is 1. The molecule has 0 unspecified atom stereocenters. The van der Waals surface area contributed by atoms with E-state index in [0.717, 1.165) is 0 Å². The van der Waals surface area contributed by atoms with Crippen molar-refractivity contribution < 1.29 is 19.1 Å². The fourth-order valence-electron chi connectivity index (χ4n) is 1.71. The maximum absolute atomic E-state index is 12.1. The second-order valence-electron chi connectivity index (χ2n) is 4.15. The molecule has 0 bridgehead atoms. The highest BCUT2D eigenvalue weighted by Crippen LogP contribution is 2.22. The lowest BCUT2D eigenvalue weighted by atomic mass is 10.2. The second-order valence-corrected chi connectivity index (χ2v) is 5.93. The number of hydrogen-bond acceptors (Lipinski definition) is 4. The van der Waals surface area contributed by atoms with E-state index in [0.29, 0.717) is 16.0 Å². The summed E-state index contributed by atoms with van der Waals surface area (Å²) >= 11 is 4.78. The molecule has 0 aliphatic rings. The van der Waals surface area contributed by atoms with E-state index in [4.69, 9.17) is 9.52 Å². The van der Waals surface area contributed by atoms with Crippen LogP contribution < -0.4 is 5.32 Å². The summed E-state index contributed by atoms with van der Waals surface area (Å²) in [5.74, 6) is -0.0760. The highest BCUT2D eigenvalue weighted by molar-refractivity contribution is 9.10. The van der Waals surface area contributed by atoms with Crippen molar-refractivity contribution in [3.8, 4) is 0 Å². The number of benzene rings is 1. The Morgan fingerprint density at radius 3 is 2.76 bits per heavy atom. The fourth-order valence-corrected chi connectivity index (χ4v) is 2.51. The number of amides is 1. The molecule has 1 amide bonds. The lowest BCUT2D eigenvalue weighted by Gasteiger charge is -2.07. The predicted octanol–water partition coefficient (Wildman–Crippen LogP) is 3.86. The number of anilines is 1. The monoisotopic (exact) mass is 369 g/mol. The van der Waals surface area contributed by atoms with Crippen molar-refractivity contribution in [2.75, 3.05) is 11.6 Å². The van der Waals surface area contributed by atoms with Crippen LogP contribution in [0.1, 0.15) is 26.7 Å². The molecule has 2 aromatic rings. The molecule has 0 fully saturated rings. The zero-order valence-electron chi connectivity index (χ0n) is 11.1. The van der Waals surface area contributed by atoms with E-state index in [1.165, 1.54) is 12.1 Å². The Kier molecular flexibility index (Phi) is 5.08. The molecule has 1 heterocycles. The Balaban J connectivity index is 2.20. The third-order valence-corrected chi connectivity index (χ3v) is 3.70. The maximum atomic E-state index is 12.1. The molecule has 7 heteroatoms. The number of furan rings is 1. The van der Waals surface area contributed by atoms with Gasteiger partial charge in [0.15, 0.2) is 5.76 Å². The van der Waals surface area contributed by atoms with Crippen molar-refractivity contribution in [1.29, 1.82) is 0 Å². The van der Waals surface area contributed by atoms with E-state index in [1.807, 2.05) is 6.26 Å². The number of aromatic carboxylic acids is 1. The number of carboxylic acid groups (broad SMARTS) is 1. The average Bonchev–Trinajstić information content (AvgIpc) is 2.89. The third kappa shape index (κ3) is 3.89. The van der Waals surface area contributed by atoms with E-state index in [9.17, 15) is 9.59 Å². The van der Waals surface area contributed by atoms with Crippen molar-refractivity contribution in [3.63, 3.8) is 0 Å². The first-order valence-electron chi connectivity index (χ1n) is 5.93. The zero-order chi connectivity index (χ0) is 15.4. The molecule has 1 aromatic heterocycles. The van der Waals surface area contributed by atoms with Crippen LogP contribution in [-0.4, -0.2) is 23.2 Å². The molecular formula is C14H12BrNO4S. The Morgan fingerprint density at radius 1 is 1.33 bits per heavy atom. The molecule has 21 heavy (non-hydrogen) atoms. The lowest BCUT2D eigenvalue weighted by Crippen LogP contribution is -2.14. The molecule has 0 aliphatic carbocycles. The minimum atomic E-state index is -1.12. The Labute approximate surface area is 133 Å². The highest BCUT2D eigenvalue weighted by atomic mass is 79.9. The van der Waals surface area contributed by atoms with Gasteiger partial charge in [0.05, 0.1) is 17.0 Å². The van der Waals surface area contributed by atoms with Crippen LogP contribution in [0.5, 0.6) is 0 Å². The molecule has 110 valence electrons. The van der Waals surface area contributed by atoms with Crippen LogP contribution in [0.15, 0.2) is 39.2 Å². The van der Waals surface area contributed by atoms with Crippen molar-refractivity contribution in [2.24, 2.45) is 0 Å². The zero-order valence-corrected chi connectivity index (χ0v) is 13.5. The second kappa shape index (κ2) is 6.82. The third-order valence-electron chi connectivity index (χ3n) is 2.63. The normalized spacial score (nSPS) is 10.4. The first-order chi connectivity index (χ1) is 10.0. The van der Waals surface area contributed by atoms with Gasteiger partial charge in [0, 0.05) is 4.47 Å². The number of thioether (sulfide) groups is 1. The average molecular weight is 370 g/mol. The van der Waals surface area contributed by atoms with Crippen LogP contribution in [0.25, 0.3) is 0 Å². The lowest BCUT2D eigenvalue weighted by molar-refractivity contribution is 0.0698. The standard InChI is InChI=1S/C14H12BrNO4S/c1-21-7-9-3-5-12(20-9)13(17)16-11-4-2-8(15)6-10(11)14(18)19/h2-6H,7H2,1H3,(H,16,17)(H,18,19). The molecule has 1 aromatic carbocycles. The van der Waals surface area contributed by atoms with Gasteiger partial charge < -0.3 is 14.8 Å². The largest absolute Gasteiger partial charge is 0.478 e. The predicted molar refractivity (Wildman–Crippen MR) is 85.0 cm³/mol. The minimum Gasteiger partial charge on any atom is -0.478 e. The van der Waals surface area contributed by atoms with Gasteiger partial charge in [0.1, 0.15) is 5.76 Å². The molecule has 0 spiro atoms. The van der Waals surface area contributed by atoms with Gasteiger partial charge in [-0.3, -0.25) is 4.79 Å². The molecule has 2 rings (SSSR count). The summed E-state index contributed by atoms with van der Waals surface area (Å²) < 4.78 is 6.02. The maximum Gasteiger partial charge on any atom is 0.337 e. The fraction of sp³-hybridized carbons (Fsp3) is 0.143. The molecule has 2 N–H and O–H groups in total. The molecular weight excluding hydrogens is 358 g/mol.